The molecule has 0 aliphatic heterocycles. The van der Waals surface area contributed by atoms with Crippen molar-refractivity contribution < 1.29 is 0 Å². The highest BCUT2D eigenvalue weighted by Crippen LogP contribution is 2.17. The van der Waals surface area contributed by atoms with Crippen LogP contribution in [0.1, 0.15) is 5.69 Å². The molecule has 5 heteroatoms. The van der Waals surface area contributed by atoms with Gasteiger partial charge in [-0.3, -0.25) is 10.1 Å². The molecule has 2 aromatic carbocycles. The van der Waals surface area contributed by atoms with E-state index in [0.29, 0.717) is 6.54 Å². The van der Waals surface area contributed by atoms with Gasteiger partial charge in [0.25, 0.3) is 0 Å². The minimum absolute atomic E-state index is 0.640. The van der Waals surface area contributed by atoms with E-state index in [4.69, 9.17) is 0 Å². The van der Waals surface area contributed by atoms with E-state index in [1.165, 1.54) is 0 Å². The Kier molecular flexibility index (Phi) is 2.74. The number of hydrogen-bond acceptors (Lipinski definition) is 4. The second-order valence-corrected chi connectivity index (χ2v) is 4.88. The number of H-pyrrole nitrogens is 1. The Morgan fingerprint density at radius 2 is 1.90 bits per heavy atom. The molecule has 2 aromatic heterocycles. The summed E-state index contributed by atoms with van der Waals surface area (Å²) in [6.07, 6.45) is 3.63. The number of hydrogen-bond donors (Lipinski definition) is 2. The topological polar surface area (TPSA) is 66.5 Å². The predicted octanol–water partition coefficient (Wildman–Crippen LogP) is 3.12. The highest BCUT2D eigenvalue weighted by atomic mass is 15.1. The number of rotatable bonds is 3. The molecule has 0 atom stereocenters. The molecule has 21 heavy (non-hydrogen) atoms. The fourth-order valence-corrected chi connectivity index (χ4v) is 2.33. The zero-order valence-electron chi connectivity index (χ0n) is 11.2. The molecule has 5 nitrogen and oxygen atoms in total. The van der Waals surface area contributed by atoms with Gasteiger partial charge in [-0.05, 0) is 30.3 Å². The summed E-state index contributed by atoms with van der Waals surface area (Å²) < 4.78 is 0. The van der Waals surface area contributed by atoms with Crippen molar-refractivity contribution in [3.05, 3.63) is 60.6 Å². The van der Waals surface area contributed by atoms with E-state index < -0.39 is 0 Å². The molecule has 0 bridgehead atoms. The average Bonchev–Trinajstić information content (AvgIpc) is 3.00. The summed E-state index contributed by atoms with van der Waals surface area (Å²) in [6.45, 7) is 0.640. The van der Waals surface area contributed by atoms with Gasteiger partial charge >= 0.3 is 0 Å². The van der Waals surface area contributed by atoms with Crippen LogP contribution in [-0.2, 0) is 6.54 Å². The summed E-state index contributed by atoms with van der Waals surface area (Å²) in [6, 6.07) is 14.0. The molecule has 102 valence electrons. The molecule has 0 saturated carbocycles. The van der Waals surface area contributed by atoms with Gasteiger partial charge in [-0.2, -0.15) is 5.10 Å². The van der Waals surface area contributed by atoms with Gasteiger partial charge in [0.15, 0.2) is 0 Å². The largest absolute Gasteiger partial charge is 0.379 e. The molecule has 0 amide bonds. The van der Waals surface area contributed by atoms with Gasteiger partial charge in [0, 0.05) is 11.1 Å². The smallest absolute Gasteiger partial charge is 0.0890 e. The molecule has 0 aliphatic carbocycles. The Bertz CT molecular complexity index is 912. The third-order valence-electron chi connectivity index (χ3n) is 3.41. The third kappa shape index (κ3) is 2.29. The van der Waals surface area contributed by atoms with E-state index >= 15 is 0 Å². The van der Waals surface area contributed by atoms with Crippen LogP contribution in [0.5, 0.6) is 0 Å². The summed E-state index contributed by atoms with van der Waals surface area (Å²) in [4.78, 5) is 9.02. The number of benzene rings is 2. The Morgan fingerprint density at radius 1 is 1.00 bits per heavy atom. The molecule has 2 N–H and O–H groups in total. The molecular weight excluding hydrogens is 262 g/mol. The maximum atomic E-state index is 4.60. The number of fused-ring (bicyclic) bond motifs is 2. The molecule has 0 saturated heterocycles. The summed E-state index contributed by atoms with van der Waals surface area (Å²) >= 11 is 0. The normalized spacial score (nSPS) is 11.0. The zero-order chi connectivity index (χ0) is 14.1. The standard InChI is InChI=1S/C16H13N5/c1-2-4-16-15(3-1)18-10-13(20-16)9-17-12-5-6-14-11(7-12)8-19-21-14/h1-8,10,17H,9H2,(H,19,21). The minimum atomic E-state index is 0.640. The first-order valence-corrected chi connectivity index (χ1v) is 6.76. The number of para-hydroxylation sites is 2. The second-order valence-electron chi connectivity index (χ2n) is 4.88. The van der Waals surface area contributed by atoms with Gasteiger partial charge in [-0.15, -0.1) is 0 Å². The lowest BCUT2D eigenvalue weighted by molar-refractivity contribution is 1.04. The molecule has 0 fully saturated rings. The van der Waals surface area contributed by atoms with Crippen LogP contribution in [-0.4, -0.2) is 20.2 Å². The van der Waals surface area contributed by atoms with Crippen molar-refractivity contribution in [3.8, 4) is 0 Å². The van der Waals surface area contributed by atoms with Gasteiger partial charge in [0.2, 0.25) is 0 Å². The third-order valence-corrected chi connectivity index (χ3v) is 3.41. The van der Waals surface area contributed by atoms with Crippen molar-refractivity contribution in [2.24, 2.45) is 0 Å². The van der Waals surface area contributed by atoms with Crippen LogP contribution < -0.4 is 5.32 Å². The molecule has 4 rings (SSSR count). The summed E-state index contributed by atoms with van der Waals surface area (Å²) in [5, 5.41) is 11.4. The van der Waals surface area contributed by atoms with Gasteiger partial charge in [0.1, 0.15) is 0 Å². The lowest BCUT2D eigenvalue weighted by atomic mass is 10.2. The number of nitrogens with one attached hydrogen (secondary N) is 2. The fraction of sp³-hybridized carbons (Fsp3) is 0.0625. The highest BCUT2D eigenvalue weighted by molar-refractivity contribution is 5.81. The lowest BCUT2D eigenvalue weighted by Crippen LogP contribution is -2.02. The SMILES string of the molecule is c1ccc2nc(CNc3ccc4[nH]ncc4c3)cnc2c1. The summed E-state index contributed by atoms with van der Waals surface area (Å²) in [5.41, 5.74) is 4.83. The lowest BCUT2D eigenvalue weighted by Gasteiger charge is -2.06. The minimum Gasteiger partial charge on any atom is -0.379 e. The number of anilines is 1. The van der Waals surface area contributed by atoms with Crippen molar-refractivity contribution in [3.63, 3.8) is 0 Å². The van der Waals surface area contributed by atoms with E-state index in [1.807, 2.05) is 48.8 Å². The Morgan fingerprint density at radius 3 is 2.86 bits per heavy atom. The van der Waals surface area contributed by atoms with E-state index in [1.54, 1.807) is 0 Å². The quantitative estimate of drug-likeness (QED) is 0.603. The maximum absolute atomic E-state index is 4.60. The van der Waals surface area contributed by atoms with Gasteiger partial charge in [-0.1, -0.05) is 12.1 Å². The summed E-state index contributed by atoms with van der Waals surface area (Å²) in [5.74, 6) is 0. The van der Waals surface area contributed by atoms with Crippen molar-refractivity contribution in [1.29, 1.82) is 0 Å². The van der Waals surface area contributed by atoms with Crippen molar-refractivity contribution >= 4 is 27.6 Å². The van der Waals surface area contributed by atoms with Crippen molar-refractivity contribution in [2.75, 3.05) is 5.32 Å². The van der Waals surface area contributed by atoms with Gasteiger partial charge in [0.05, 0.1) is 41.2 Å². The van der Waals surface area contributed by atoms with Crippen LogP contribution in [0.4, 0.5) is 5.69 Å². The second kappa shape index (κ2) is 4.86. The average molecular weight is 275 g/mol. The number of aromatic amines is 1. The van der Waals surface area contributed by atoms with Crippen LogP contribution in [0.3, 0.4) is 0 Å². The molecule has 0 radical (unpaired) electrons. The van der Waals surface area contributed by atoms with Crippen LogP contribution >= 0.6 is 0 Å². The van der Waals surface area contributed by atoms with E-state index in [9.17, 15) is 0 Å². The highest BCUT2D eigenvalue weighted by Gasteiger charge is 2.01. The first kappa shape index (κ1) is 11.8. The number of nitrogens with zero attached hydrogens (tertiary/aromatic N) is 3. The first-order chi connectivity index (χ1) is 10.4. The molecular formula is C16H13N5. The molecule has 4 aromatic rings. The zero-order valence-corrected chi connectivity index (χ0v) is 11.2. The molecule has 2 heterocycles. The van der Waals surface area contributed by atoms with Gasteiger partial charge in [-0.25, -0.2) is 4.98 Å². The molecule has 0 unspecified atom stereocenters. The Labute approximate surface area is 121 Å². The van der Waals surface area contributed by atoms with E-state index in [-0.39, 0.29) is 0 Å². The Balaban J connectivity index is 1.56. The predicted molar refractivity (Wildman–Crippen MR) is 83.0 cm³/mol. The van der Waals surface area contributed by atoms with Crippen molar-refractivity contribution in [1.82, 2.24) is 20.2 Å². The van der Waals surface area contributed by atoms with E-state index in [2.05, 4.69) is 31.5 Å². The first-order valence-electron chi connectivity index (χ1n) is 6.76. The molecule has 0 spiro atoms. The summed E-state index contributed by atoms with van der Waals surface area (Å²) in [7, 11) is 0. The monoisotopic (exact) mass is 275 g/mol. The Hall–Kier alpha value is -2.95. The van der Waals surface area contributed by atoms with Crippen LogP contribution in [0.2, 0.25) is 0 Å². The molecule has 0 aliphatic rings. The maximum Gasteiger partial charge on any atom is 0.0890 e. The van der Waals surface area contributed by atoms with Crippen LogP contribution in [0, 0.1) is 0 Å². The fourth-order valence-electron chi connectivity index (χ4n) is 2.33. The van der Waals surface area contributed by atoms with Crippen LogP contribution in [0.25, 0.3) is 21.9 Å². The van der Waals surface area contributed by atoms with Gasteiger partial charge < -0.3 is 5.32 Å². The number of aromatic nitrogens is 4. The van der Waals surface area contributed by atoms with Crippen molar-refractivity contribution in [2.45, 2.75) is 6.54 Å². The van der Waals surface area contributed by atoms with Crippen LogP contribution in [0.15, 0.2) is 54.9 Å². The van der Waals surface area contributed by atoms with E-state index in [0.717, 1.165) is 33.3 Å².